The van der Waals surface area contributed by atoms with Gasteiger partial charge in [0.1, 0.15) is 4.21 Å². The molecule has 0 aliphatic carbocycles. The van der Waals surface area contributed by atoms with Gasteiger partial charge in [-0.2, -0.15) is 0 Å². The Bertz CT molecular complexity index is 428. The first-order valence-electron chi connectivity index (χ1n) is 4.35. The lowest BCUT2D eigenvalue weighted by atomic mass is 10.1. The van der Waals surface area contributed by atoms with Crippen molar-refractivity contribution >= 4 is 21.2 Å². The summed E-state index contributed by atoms with van der Waals surface area (Å²) in [5.41, 5.74) is 1.03. The quantitative estimate of drug-likeness (QED) is 0.666. The van der Waals surface area contributed by atoms with E-state index in [9.17, 15) is 8.42 Å². The van der Waals surface area contributed by atoms with Crippen LogP contribution < -0.4 is 0 Å². The number of aryl methyl sites for hydroxylation is 2. The summed E-state index contributed by atoms with van der Waals surface area (Å²) in [4.78, 5) is 1.10. The van der Waals surface area contributed by atoms with E-state index in [0.29, 0.717) is 4.21 Å². The molecule has 2 heterocycles. The molecule has 0 fully saturated rings. The van der Waals surface area contributed by atoms with Crippen LogP contribution in [0.5, 0.6) is 0 Å². The van der Waals surface area contributed by atoms with Gasteiger partial charge in [0.05, 0.1) is 5.25 Å². The van der Waals surface area contributed by atoms with Crippen LogP contribution in [0.15, 0.2) is 10.3 Å². The van der Waals surface area contributed by atoms with E-state index in [0.717, 1.165) is 23.3 Å². The summed E-state index contributed by atoms with van der Waals surface area (Å²) in [6.45, 7) is 3.76. The average Bonchev–Trinajstić information content (AvgIpc) is 2.41. The second-order valence-corrected chi connectivity index (χ2v) is 7.38. The standard InChI is InChI=1S/C9H12O2S2/c1-6-5-8-4-3-7(2)13(10,11)9(8)12-6/h5,7H,3-4H2,1-2H3. The minimum absolute atomic E-state index is 0.196. The molecule has 0 saturated carbocycles. The van der Waals surface area contributed by atoms with Gasteiger partial charge in [0, 0.05) is 4.88 Å². The summed E-state index contributed by atoms with van der Waals surface area (Å²) >= 11 is 1.41. The molecule has 0 aromatic carbocycles. The molecule has 1 unspecified atom stereocenters. The van der Waals surface area contributed by atoms with Crippen LogP contribution in [0.2, 0.25) is 0 Å². The van der Waals surface area contributed by atoms with Crippen molar-refractivity contribution in [2.45, 2.75) is 36.1 Å². The fourth-order valence-electron chi connectivity index (χ4n) is 1.66. The molecule has 0 amide bonds. The van der Waals surface area contributed by atoms with Crippen LogP contribution in [0.25, 0.3) is 0 Å². The molecule has 1 atom stereocenters. The van der Waals surface area contributed by atoms with Gasteiger partial charge in [-0.15, -0.1) is 11.3 Å². The van der Waals surface area contributed by atoms with Crippen molar-refractivity contribution in [2.24, 2.45) is 0 Å². The number of hydrogen-bond acceptors (Lipinski definition) is 3. The van der Waals surface area contributed by atoms with E-state index in [2.05, 4.69) is 0 Å². The van der Waals surface area contributed by atoms with Crippen LogP contribution in [0.1, 0.15) is 23.8 Å². The second-order valence-electron chi connectivity index (χ2n) is 3.56. The molecule has 4 heteroatoms. The SMILES string of the molecule is Cc1cc2c(s1)S(=O)(=O)C(C)CC2. The Balaban J connectivity index is 2.65. The zero-order valence-electron chi connectivity index (χ0n) is 7.70. The summed E-state index contributed by atoms with van der Waals surface area (Å²) < 4.78 is 24.3. The van der Waals surface area contributed by atoms with E-state index in [1.165, 1.54) is 11.3 Å². The van der Waals surface area contributed by atoms with Gasteiger partial charge in [0.2, 0.25) is 0 Å². The lowest BCUT2D eigenvalue weighted by molar-refractivity contribution is 0.570. The van der Waals surface area contributed by atoms with E-state index >= 15 is 0 Å². The maximum atomic E-state index is 11.8. The largest absolute Gasteiger partial charge is 0.223 e. The van der Waals surface area contributed by atoms with Gasteiger partial charge in [-0.25, -0.2) is 8.42 Å². The van der Waals surface area contributed by atoms with Crippen LogP contribution in [0.4, 0.5) is 0 Å². The van der Waals surface area contributed by atoms with Crippen molar-refractivity contribution in [2.75, 3.05) is 0 Å². The molecule has 1 aliphatic rings. The Kier molecular flexibility index (Phi) is 2.00. The van der Waals surface area contributed by atoms with Crippen molar-refractivity contribution in [3.8, 4) is 0 Å². The van der Waals surface area contributed by atoms with E-state index in [4.69, 9.17) is 0 Å². The number of hydrogen-bond donors (Lipinski definition) is 0. The third kappa shape index (κ3) is 1.32. The lowest BCUT2D eigenvalue weighted by Crippen LogP contribution is -2.23. The van der Waals surface area contributed by atoms with Gasteiger partial charge in [-0.3, -0.25) is 0 Å². The van der Waals surface area contributed by atoms with E-state index in [-0.39, 0.29) is 5.25 Å². The van der Waals surface area contributed by atoms with Gasteiger partial charge in [0.15, 0.2) is 9.84 Å². The number of rotatable bonds is 0. The van der Waals surface area contributed by atoms with E-state index < -0.39 is 9.84 Å². The fraction of sp³-hybridized carbons (Fsp3) is 0.556. The van der Waals surface area contributed by atoms with E-state index in [1.54, 1.807) is 6.92 Å². The van der Waals surface area contributed by atoms with Gasteiger partial charge in [0.25, 0.3) is 0 Å². The molecule has 0 spiro atoms. The summed E-state index contributed by atoms with van der Waals surface area (Å²) in [5, 5.41) is -0.196. The lowest BCUT2D eigenvalue weighted by Gasteiger charge is -2.17. The first kappa shape index (κ1) is 9.21. The Labute approximate surface area is 82.5 Å². The summed E-state index contributed by atoms with van der Waals surface area (Å²) in [7, 11) is -2.98. The predicted molar refractivity (Wildman–Crippen MR) is 54.0 cm³/mol. The number of thiophene rings is 1. The third-order valence-electron chi connectivity index (χ3n) is 2.50. The molecule has 1 aromatic heterocycles. The van der Waals surface area contributed by atoms with Crippen molar-refractivity contribution in [1.29, 1.82) is 0 Å². The normalized spacial score (nSPS) is 25.5. The minimum Gasteiger partial charge on any atom is -0.223 e. The Morgan fingerprint density at radius 3 is 2.92 bits per heavy atom. The summed E-state index contributed by atoms with van der Waals surface area (Å²) in [6, 6.07) is 2.00. The van der Waals surface area contributed by atoms with E-state index in [1.807, 2.05) is 13.0 Å². The Hall–Kier alpha value is -0.350. The predicted octanol–water partition coefficient (Wildman–Crippen LogP) is 2.16. The molecule has 0 N–H and O–H groups in total. The first-order chi connectivity index (χ1) is 6.01. The minimum atomic E-state index is -2.98. The first-order valence-corrected chi connectivity index (χ1v) is 6.71. The summed E-state index contributed by atoms with van der Waals surface area (Å²) in [5.74, 6) is 0. The zero-order valence-corrected chi connectivity index (χ0v) is 9.33. The third-order valence-corrected chi connectivity index (χ3v) is 6.41. The highest BCUT2D eigenvalue weighted by Crippen LogP contribution is 2.35. The molecule has 0 radical (unpaired) electrons. The topological polar surface area (TPSA) is 34.1 Å². The zero-order chi connectivity index (χ0) is 9.64. The molecule has 72 valence electrons. The molecular formula is C9H12O2S2. The van der Waals surface area contributed by atoms with Crippen LogP contribution in [0, 0.1) is 6.92 Å². The monoisotopic (exact) mass is 216 g/mol. The number of sulfone groups is 1. The van der Waals surface area contributed by atoms with Crippen molar-refractivity contribution in [3.05, 3.63) is 16.5 Å². The maximum absolute atomic E-state index is 11.8. The Morgan fingerprint density at radius 2 is 2.23 bits per heavy atom. The molecule has 13 heavy (non-hydrogen) atoms. The highest BCUT2D eigenvalue weighted by molar-refractivity contribution is 7.94. The molecule has 1 aromatic rings. The van der Waals surface area contributed by atoms with Gasteiger partial charge in [-0.1, -0.05) is 0 Å². The Morgan fingerprint density at radius 1 is 1.54 bits per heavy atom. The number of fused-ring (bicyclic) bond motifs is 1. The van der Waals surface area contributed by atoms with Crippen LogP contribution in [-0.2, 0) is 16.3 Å². The molecule has 2 nitrogen and oxygen atoms in total. The van der Waals surface area contributed by atoms with Gasteiger partial charge in [-0.05, 0) is 38.3 Å². The van der Waals surface area contributed by atoms with Gasteiger partial charge >= 0.3 is 0 Å². The molecule has 1 aliphatic heterocycles. The maximum Gasteiger partial charge on any atom is 0.190 e. The van der Waals surface area contributed by atoms with Crippen molar-refractivity contribution in [1.82, 2.24) is 0 Å². The second kappa shape index (κ2) is 2.82. The van der Waals surface area contributed by atoms with Crippen LogP contribution in [0.3, 0.4) is 0 Å². The molecular weight excluding hydrogens is 204 g/mol. The fourth-order valence-corrected chi connectivity index (χ4v) is 5.11. The highest BCUT2D eigenvalue weighted by atomic mass is 32.2. The summed E-state index contributed by atoms with van der Waals surface area (Å²) in [6.07, 6.45) is 1.69. The molecule has 0 bridgehead atoms. The van der Waals surface area contributed by atoms with Crippen molar-refractivity contribution < 1.29 is 8.42 Å². The highest BCUT2D eigenvalue weighted by Gasteiger charge is 2.32. The average molecular weight is 216 g/mol. The van der Waals surface area contributed by atoms with Crippen LogP contribution >= 0.6 is 11.3 Å². The smallest absolute Gasteiger partial charge is 0.190 e. The van der Waals surface area contributed by atoms with Crippen molar-refractivity contribution in [3.63, 3.8) is 0 Å². The van der Waals surface area contributed by atoms with Crippen LogP contribution in [-0.4, -0.2) is 13.7 Å². The molecule has 2 rings (SSSR count). The molecule has 0 saturated heterocycles. The van der Waals surface area contributed by atoms with Gasteiger partial charge < -0.3 is 0 Å².